The first-order chi connectivity index (χ1) is 19.2. The van der Waals surface area contributed by atoms with E-state index in [4.69, 9.17) is 32.7 Å². The van der Waals surface area contributed by atoms with Gasteiger partial charge in [0.25, 0.3) is 11.8 Å². The molecule has 40 heavy (non-hydrogen) atoms. The fourth-order valence-electron chi connectivity index (χ4n) is 3.63. The summed E-state index contributed by atoms with van der Waals surface area (Å²) in [5.41, 5.74) is 5.27. The van der Waals surface area contributed by atoms with Gasteiger partial charge in [0, 0.05) is 32.4 Å². The molecular weight excluding hydrogens is 553 g/mol. The van der Waals surface area contributed by atoms with E-state index < -0.39 is 11.9 Å². The molecule has 10 heteroatoms. The number of halogens is 2. The number of nitrogens with one attached hydrogen (secondary N) is 2. The van der Waals surface area contributed by atoms with Crippen molar-refractivity contribution in [1.29, 1.82) is 0 Å². The van der Waals surface area contributed by atoms with Gasteiger partial charge in [-0.25, -0.2) is 10.2 Å². The van der Waals surface area contributed by atoms with Crippen molar-refractivity contribution in [2.75, 3.05) is 12.4 Å². The van der Waals surface area contributed by atoms with Crippen LogP contribution in [0.15, 0.2) is 90.0 Å². The maximum Gasteiger partial charge on any atom is 0.347 e. The minimum atomic E-state index is -0.699. The molecule has 0 saturated carbocycles. The third-order valence-corrected chi connectivity index (χ3v) is 6.08. The first kappa shape index (κ1) is 28.4. The summed E-state index contributed by atoms with van der Waals surface area (Å²) in [5.74, 6) is -0.987. The van der Waals surface area contributed by atoms with E-state index in [9.17, 15) is 14.4 Å². The lowest BCUT2D eigenvalue weighted by Crippen LogP contribution is -2.18. The van der Waals surface area contributed by atoms with Crippen LogP contribution in [-0.2, 0) is 0 Å². The second-order valence-corrected chi connectivity index (χ2v) is 9.39. The molecular formula is C30H23Cl2N3O5. The van der Waals surface area contributed by atoms with E-state index in [-0.39, 0.29) is 17.2 Å². The van der Waals surface area contributed by atoms with Crippen molar-refractivity contribution in [2.24, 2.45) is 5.10 Å². The lowest BCUT2D eigenvalue weighted by atomic mass is 10.1. The second-order valence-electron chi connectivity index (χ2n) is 8.52. The molecule has 0 aliphatic carbocycles. The highest BCUT2D eigenvalue weighted by Gasteiger charge is 2.17. The van der Waals surface area contributed by atoms with E-state index >= 15 is 0 Å². The predicted octanol–water partition coefficient (Wildman–Crippen LogP) is 6.55. The number of carbonyl (C=O) groups is 3. The van der Waals surface area contributed by atoms with Gasteiger partial charge in [0.15, 0.2) is 0 Å². The predicted molar refractivity (Wildman–Crippen MR) is 155 cm³/mol. The number of benzene rings is 4. The van der Waals surface area contributed by atoms with Gasteiger partial charge in [-0.2, -0.15) is 5.10 Å². The number of rotatable bonds is 8. The van der Waals surface area contributed by atoms with E-state index in [0.717, 1.165) is 5.56 Å². The standard InChI is InChI=1S/C30H23Cl2N3O5/c1-18-4-3-5-20(14-18)28(36)34-24-10-6-19(7-11-24)29(37)35-33-17-21-15-22(31)8-12-26(21)40-30(38)25-16-23(32)9-13-27(25)39-2/h3-17H,1-2H3,(H,34,36)(H,35,37)/b33-17+. The molecule has 0 aromatic heterocycles. The number of hydrazone groups is 1. The molecule has 4 rings (SSSR count). The largest absolute Gasteiger partial charge is 0.496 e. The molecule has 0 aliphatic rings. The molecule has 0 radical (unpaired) electrons. The molecule has 2 N–H and O–H groups in total. The van der Waals surface area contributed by atoms with Gasteiger partial charge in [-0.05, 0) is 79.7 Å². The monoisotopic (exact) mass is 575 g/mol. The van der Waals surface area contributed by atoms with Gasteiger partial charge in [-0.15, -0.1) is 0 Å². The molecule has 202 valence electrons. The van der Waals surface area contributed by atoms with Gasteiger partial charge in [0.05, 0.1) is 13.3 Å². The van der Waals surface area contributed by atoms with Crippen molar-refractivity contribution in [2.45, 2.75) is 6.92 Å². The van der Waals surface area contributed by atoms with Crippen LogP contribution in [0.25, 0.3) is 0 Å². The number of nitrogens with zero attached hydrogens (tertiary/aromatic N) is 1. The summed E-state index contributed by atoms with van der Waals surface area (Å²) in [6.07, 6.45) is 1.30. The number of hydrogen-bond acceptors (Lipinski definition) is 6. The van der Waals surface area contributed by atoms with E-state index in [1.807, 2.05) is 19.1 Å². The third-order valence-electron chi connectivity index (χ3n) is 5.61. The van der Waals surface area contributed by atoms with Crippen LogP contribution in [0, 0.1) is 6.92 Å². The van der Waals surface area contributed by atoms with E-state index in [0.29, 0.717) is 38.2 Å². The first-order valence-corrected chi connectivity index (χ1v) is 12.7. The Balaban J connectivity index is 1.41. The molecule has 0 unspecified atom stereocenters. The normalized spacial score (nSPS) is 10.7. The lowest BCUT2D eigenvalue weighted by molar-refractivity contribution is 0.0730. The molecule has 0 saturated heterocycles. The van der Waals surface area contributed by atoms with Crippen LogP contribution in [0.5, 0.6) is 11.5 Å². The van der Waals surface area contributed by atoms with Gasteiger partial charge >= 0.3 is 5.97 Å². The van der Waals surface area contributed by atoms with E-state index in [1.165, 1.54) is 31.5 Å². The van der Waals surface area contributed by atoms with Crippen LogP contribution in [0.1, 0.15) is 42.2 Å². The summed E-state index contributed by atoms with van der Waals surface area (Å²) < 4.78 is 10.8. The Kier molecular flexibility index (Phi) is 9.16. The Hall–Kier alpha value is -4.66. The van der Waals surface area contributed by atoms with Crippen LogP contribution in [0.3, 0.4) is 0 Å². The number of amides is 2. The van der Waals surface area contributed by atoms with Crippen molar-refractivity contribution in [3.8, 4) is 11.5 Å². The maximum absolute atomic E-state index is 12.8. The number of aryl methyl sites for hydroxylation is 1. The van der Waals surface area contributed by atoms with Crippen LogP contribution in [0.4, 0.5) is 5.69 Å². The molecule has 4 aromatic carbocycles. The number of hydrogen-bond donors (Lipinski definition) is 2. The van der Waals surface area contributed by atoms with Crippen molar-refractivity contribution in [1.82, 2.24) is 5.43 Å². The summed E-state index contributed by atoms with van der Waals surface area (Å²) in [5, 5.41) is 7.49. The van der Waals surface area contributed by atoms with Crippen LogP contribution in [-0.4, -0.2) is 31.1 Å². The Labute approximate surface area is 240 Å². The van der Waals surface area contributed by atoms with E-state index in [1.54, 1.807) is 54.6 Å². The van der Waals surface area contributed by atoms with Gasteiger partial charge in [0.1, 0.15) is 17.1 Å². The highest BCUT2D eigenvalue weighted by atomic mass is 35.5. The lowest BCUT2D eigenvalue weighted by Gasteiger charge is -2.11. The zero-order valence-corrected chi connectivity index (χ0v) is 22.9. The Morgan fingerprint density at radius 3 is 2.20 bits per heavy atom. The molecule has 0 fully saturated rings. The fourth-order valence-corrected chi connectivity index (χ4v) is 3.98. The number of carbonyl (C=O) groups excluding carboxylic acids is 3. The van der Waals surface area contributed by atoms with Crippen molar-refractivity contribution >= 4 is 52.9 Å². The van der Waals surface area contributed by atoms with E-state index in [2.05, 4.69) is 15.8 Å². The van der Waals surface area contributed by atoms with Crippen LogP contribution < -0.4 is 20.2 Å². The third kappa shape index (κ3) is 7.25. The summed E-state index contributed by atoms with van der Waals surface area (Å²) in [6, 6.07) is 22.7. The first-order valence-electron chi connectivity index (χ1n) is 11.9. The van der Waals surface area contributed by atoms with Crippen molar-refractivity contribution < 1.29 is 23.9 Å². The molecule has 0 bridgehead atoms. The molecule has 0 spiro atoms. The topological polar surface area (TPSA) is 106 Å². The maximum atomic E-state index is 12.8. The second kappa shape index (κ2) is 12.9. The van der Waals surface area contributed by atoms with Gasteiger partial charge in [0.2, 0.25) is 0 Å². The van der Waals surface area contributed by atoms with Crippen molar-refractivity contribution in [3.05, 3.63) is 123 Å². The molecule has 0 atom stereocenters. The smallest absolute Gasteiger partial charge is 0.347 e. The average molecular weight is 576 g/mol. The molecule has 4 aromatic rings. The minimum Gasteiger partial charge on any atom is -0.496 e. The van der Waals surface area contributed by atoms with Gasteiger partial charge in [-0.3, -0.25) is 9.59 Å². The molecule has 0 aliphatic heterocycles. The Morgan fingerprint density at radius 1 is 0.800 bits per heavy atom. The van der Waals surface area contributed by atoms with Crippen molar-refractivity contribution in [3.63, 3.8) is 0 Å². The summed E-state index contributed by atoms with van der Waals surface area (Å²) in [6.45, 7) is 1.91. The quantitative estimate of drug-likeness (QED) is 0.107. The number of ether oxygens (including phenoxy) is 2. The SMILES string of the molecule is COc1ccc(Cl)cc1C(=O)Oc1ccc(Cl)cc1/C=N/NC(=O)c1ccc(NC(=O)c2cccc(C)c2)cc1. The summed E-state index contributed by atoms with van der Waals surface area (Å²) >= 11 is 12.1. The molecule has 2 amide bonds. The van der Waals surface area contributed by atoms with Crippen LogP contribution in [0.2, 0.25) is 10.0 Å². The highest BCUT2D eigenvalue weighted by molar-refractivity contribution is 6.31. The van der Waals surface area contributed by atoms with Crippen LogP contribution >= 0.6 is 23.2 Å². The molecule has 8 nitrogen and oxygen atoms in total. The zero-order chi connectivity index (χ0) is 28.6. The zero-order valence-electron chi connectivity index (χ0n) is 21.4. The fraction of sp³-hybridized carbons (Fsp3) is 0.0667. The average Bonchev–Trinajstić information content (AvgIpc) is 2.94. The molecule has 0 heterocycles. The highest BCUT2D eigenvalue weighted by Crippen LogP contribution is 2.27. The minimum absolute atomic E-state index is 0.139. The summed E-state index contributed by atoms with van der Waals surface area (Å²) in [7, 11) is 1.43. The van der Waals surface area contributed by atoms with Gasteiger partial charge < -0.3 is 14.8 Å². The number of esters is 1. The number of methoxy groups -OCH3 is 1. The summed E-state index contributed by atoms with van der Waals surface area (Å²) in [4.78, 5) is 37.8. The van der Waals surface area contributed by atoms with Gasteiger partial charge in [-0.1, -0.05) is 40.9 Å². The number of anilines is 1. The Bertz CT molecular complexity index is 1600. The Morgan fingerprint density at radius 2 is 1.50 bits per heavy atom.